The minimum absolute atomic E-state index is 0.0259. The van der Waals surface area contributed by atoms with Gasteiger partial charge < -0.3 is 4.74 Å². The Kier molecular flexibility index (Phi) is 8.16. The fraction of sp³-hybridized carbons (Fsp3) is 0.269. The molecule has 0 spiro atoms. The van der Waals surface area contributed by atoms with E-state index in [-0.39, 0.29) is 10.6 Å². The molecule has 3 aromatic rings. The molecule has 3 rings (SSSR count). The molecule has 0 radical (unpaired) electrons. The molecular weight excluding hydrogens is 458 g/mol. The molecule has 174 valence electrons. The van der Waals surface area contributed by atoms with Crippen LogP contribution in [0, 0.1) is 13.8 Å². The molecule has 0 atom stereocenters. The minimum Gasteiger partial charge on any atom is -0.483 e. The van der Waals surface area contributed by atoms with Gasteiger partial charge in [-0.25, -0.2) is 8.42 Å². The van der Waals surface area contributed by atoms with Crippen LogP contribution in [-0.4, -0.2) is 20.9 Å². The maximum Gasteiger partial charge on any atom is 0.278 e. The monoisotopic (exact) mass is 485 g/mol. The van der Waals surface area contributed by atoms with Crippen LogP contribution in [-0.2, 0) is 21.2 Å². The Bertz CT molecular complexity index is 1210. The molecule has 1 amide bonds. The second-order valence-corrected chi connectivity index (χ2v) is 10.2. The van der Waals surface area contributed by atoms with E-state index in [1.165, 1.54) is 24.3 Å². The first kappa shape index (κ1) is 24.8. The summed E-state index contributed by atoms with van der Waals surface area (Å²) in [5.74, 6) is -0.144. The van der Waals surface area contributed by atoms with Gasteiger partial charge in [-0.2, -0.15) is 4.31 Å². The van der Waals surface area contributed by atoms with Crippen molar-refractivity contribution in [2.45, 2.75) is 44.9 Å². The number of hydrogen-bond donors (Lipinski definition) is 0. The molecule has 7 heteroatoms. The van der Waals surface area contributed by atoms with Gasteiger partial charge in [-0.3, -0.25) is 4.79 Å². The highest BCUT2D eigenvalue weighted by Gasteiger charge is 2.31. The second kappa shape index (κ2) is 10.9. The molecule has 0 saturated carbocycles. The van der Waals surface area contributed by atoms with Gasteiger partial charge in [0.15, 0.2) is 6.61 Å². The highest BCUT2D eigenvalue weighted by Crippen LogP contribution is 2.27. The molecule has 0 aliphatic carbocycles. The van der Waals surface area contributed by atoms with Crippen LogP contribution in [0.1, 0.15) is 36.5 Å². The highest BCUT2D eigenvalue weighted by atomic mass is 35.5. The Morgan fingerprint density at radius 3 is 2.27 bits per heavy atom. The van der Waals surface area contributed by atoms with Crippen molar-refractivity contribution < 1.29 is 17.9 Å². The Balaban J connectivity index is 1.94. The first-order valence-electron chi connectivity index (χ1n) is 10.8. The molecule has 33 heavy (non-hydrogen) atoms. The van der Waals surface area contributed by atoms with Gasteiger partial charge in [0.2, 0.25) is 0 Å². The molecule has 0 saturated heterocycles. The summed E-state index contributed by atoms with van der Waals surface area (Å²) in [7, 11) is -4.18. The molecule has 0 aliphatic rings. The largest absolute Gasteiger partial charge is 0.483 e. The van der Waals surface area contributed by atoms with Crippen molar-refractivity contribution in [3.63, 3.8) is 0 Å². The van der Waals surface area contributed by atoms with Gasteiger partial charge in [-0.1, -0.05) is 49.2 Å². The molecule has 0 N–H and O–H groups in total. The first-order chi connectivity index (χ1) is 15.7. The van der Waals surface area contributed by atoms with Crippen LogP contribution in [0.5, 0.6) is 5.75 Å². The molecule has 5 nitrogen and oxygen atoms in total. The van der Waals surface area contributed by atoms with E-state index in [0.717, 1.165) is 40.3 Å². The summed E-state index contributed by atoms with van der Waals surface area (Å²) in [5, 5.41) is 0.408. The van der Waals surface area contributed by atoms with Crippen molar-refractivity contribution in [2.24, 2.45) is 0 Å². The molecule has 0 fully saturated rings. The van der Waals surface area contributed by atoms with Crippen molar-refractivity contribution in [2.75, 3.05) is 10.9 Å². The third kappa shape index (κ3) is 6.15. The van der Waals surface area contributed by atoms with Gasteiger partial charge in [0.1, 0.15) is 5.75 Å². The molecule has 0 unspecified atom stereocenters. The lowest BCUT2D eigenvalue weighted by Crippen LogP contribution is -2.40. The summed E-state index contributed by atoms with van der Waals surface area (Å²) in [4.78, 5) is 13.2. The van der Waals surface area contributed by atoms with Gasteiger partial charge in [-0.15, -0.1) is 0 Å². The van der Waals surface area contributed by atoms with Crippen molar-refractivity contribution in [3.8, 4) is 5.75 Å². The fourth-order valence-corrected chi connectivity index (χ4v) is 4.91. The summed E-state index contributed by atoms with van der Waals surface area (Å²) in [6.07, 6.45) is 2.99. The standard InChI is InChI=1S/C26H28ClNO4S/c1-4-5-6-21-9-13-23(14-10-21)28(33(30,31)24-15-11-22(27)12-16-24)26(29)18-32-25-17-19(2)7-8-20(25)3/h7-17H,4-6,18H2,1-3H3. The number of nitrogens with zero attached hydrogens (tertiary/aromatic N) is 1. The summed E-state index contributed by atoms with van der Waals surface area (Å²) in [6, 6.07) is 18.4. The number of amides is 1. The lowest BCUT2D eigenvalue weighted by atomic mass is 10.1. The number of anilines is 1. The van der Waals surface area contributed by atoms with E-state index >= 15 is 0 Å². The van der Waals surface area contributed by atoms with E-state index in [4.69, 9.17) is 16.3 Å². The summed E-state index contributed by atoms with van der Waals surface area (Å²) in [6.45, 7) is 5.49. The van der Waals surface area contributed by atoms with E-state index in [0.29, 0.717) is 10.8 Å². The number of carbonyl (C=O) groups excluding carboxylic acids is 1. The normalized spacial score (nSPS) is 11.3. The van der Waals surface area contributed by atoms with Crippen LogP contribution >= 0.6 is 11.6 Å². The maximum atomic E-state index is 13.5. The Morgan fingerprint density at radius 2 is 1.64 bits per heavy atom. The third-order valence-electron chi connectivity index (χ3n) is 5.26. The van der Waals surface area contributed by atoms with Crippen LogP contribution in [0.15, 0.2) is 71.6 Å². The smallest absolute Gasteiger partial charge is 0.278 e. The van der Waals surface area contributed by atoms with Crippen molar-refractivity contribution in [1.29, 1.82) is 0 Å². The number of sulfonamides is 1. The summed E-state index contributed by atoms with van der Waals surface area (Å²) >= 11 is 5.93. The van der Waals surface area contributed by atoms with E-state index in [1.54, 1.807) is 12.1 Å². The number of unbranched alkanes of at least 4 members (excludes halogenated alkanes) is 1. The predicted molar refractivity (Wildman–Crippen MR) is 133 cm³/mol. The molecular formula is C26H28ClNO4S. The van der Waals surface area contributed by atoms with Gasteiger partial charge in [0, 0.05) is 5.02 Å². The third-order valence-corrected chi connectivity index (χ3v) is 7.28. The molecule has 3 aromatic carbocycles. The number of hydrogen-bond acceptors (Lipinski definition) is 4. The maximum absolute atomic E-state index is 13.5. The van der Waals surface area contributed by atoms with Crippen molar-refractivity contribution in [1.82, 2.24) is 0 Å². The zero-order valence-corrected chi connectivity index (χ0v) is 20.6. The van der Waals surface area contributed by atoms with Crippen LogP contribution in [0.25, 0.3) is 0 Å². The summed E-state index contributed by atoms with van der Waals surface area (Å²) in [5.41, 5.74) is 3.19. The zero-order valence-electron chi connectivity index (χ0n) is 19.0. The van der Waals surface area contributed by atoms with Gasteiger partial charge >= 0.3 is 0 Å². The van der Waals surface area contributed by atoms with Crippen LogP contribution in [0.2, 0.25) is 5.02 Å². The second-order valence-electron chi connectivity index (χ2n) is 7.94. The van der Waals surface area contributed by atoms with Crippen molar-refractivity contribution >= 4 is 33.2 Å². The lowest BCUT2D eigenvalue weighted by Gasteiger charge is -2.23. The van der Waals surface area contributed by atoms with Crippen LogP contribution in [0.3, 0.4) is 0 Å². The SMILES string of the molecule is CCCCc1ccc(N(C(=O)COc2cc(C)ccc2C)S(=O)(=O)c2ccc(Cl)cc2)cc1. The number of ether oxygens (including phenoxy) is 1. The molecule has 0 bridgehead atoms. The van der Waals surface area contributed by atoms with E-state index < -0.39 is 22.5 Å². The summed E-state index contributed by atoms with van der Waals surface area (Å²) < 4.78 is 33.5. The number of aryl methyl sites for hydroxylation is 3. The first-order valence-corrected chi connectivity index (χ1v) is 12.7. The van der Waals surface area contributed by atoms with Crippen LogP contribution < -0.4 is 9.04 Å². The number of benzene rings is 3. The average molecular weight is 486 g/mol. The van der Waals surface area contributed by atoms with Gasteiger partial charge in [0.25, 0.3) is 15.9 Å². The zero-order chi connectivity index (χ0) is 24.0. The molecule has 0 heterocycles. The van der Waals surface area contributed by atoms with Crippen molar-refractivity contribution in [3.05, 3.63) is 88.4 Å². The van der Waals surface area contributed by atoms with Gasteiger partial charge in [0.05, 0.1) is 10.6 Å². The predicted octanol–water partition coefficient (Wildman–Crippen LogP) is 6.10. The topological polar surface area (TPSA) is 63.7 Å². The van der Waals surface area contributed by atoms with Crippen LogP contribution in [0.4, 0.5) is 5.69 Å². The Morgan fingerprint density at radius 1 is 0.970 bits per heavy atom. The Hall–Kier alpha value is -2.83. The Labute approximate surface area is 201 Å². The highest BCUT2D eigenvalue weighted by molar-refractivity contribution is 7.93. The number of halogens is 1. The average Bonchev–Trinajstić information content (AvgIpc) is 2.79. The molecule has 0 aliphatic heterocycles. The minimum atomic E-state index is -4.18. The number of rotatable bonds is 9. The number of carbonyl (C=O) groups is 1. The van der Waals surface area contributed by atoms with Gasteiger partial charge in [-0.05, 0) is 85.8 Å². The fourth-order valence-electron chi connectivity index (χ4n) is 3.37. The van der Waals surface area contributed by atoms with E-state index in [1.807, 2.05) is 44.2 Å². The quantitative estimate of drug-likeness (QED) is 0.367. The van der Waals surface area contributed by atoms with E-state index in [2.05, 4.69) is 6.92 Å². The molecule has 0 aromatic heterocycles. The lowest BCUT2D eigenvalue weighted by molar-refractivity contribution is -0.119. The van der Waals surface area contributed by atoms with E-state index in [9.17, 15) is 13.2 Å².